The van der Waals surface area contributed by atoms with Crippen LogP contribution < -0.4 is 15.2 Å². The fourth-order valence-electron chi connectivity index (χ4n) is 4.06. The van der Waals surface area contributed by atoms with E-state index in [2.05, 4.69) is 0 Å². The van der Waals surface area contributed by atoms with Gasteiger partial charge in [-0.1, -0.05) is 12.8 Å². The molecule has 3 rings (SSSR count). The number of benzene rings is 1. The summed E-state index contributed by atoms with van der Waals surface area (Å²) in [6.07, 6.45) is 4.89. The van der Waals surface area contributed by atoms with Crippen molar-refractivity contribution in [1.29, 1.82) is 0 Å². The monoisotopic (exact) mass is 332 g/mol. The number of hydrogen-bond donors (Lipinski definition) is 1. The highest BCUT2D eigenvalue weighted by atomic mass is 16.5. The van der Waals surface area contributed by atoms with Gasteiger partial charge in [0.15, 0.2) is 11.5 Å². The summed E-state index contributed by atoms with van der Waals surface area (Å²) < 4.78 is 10.8. The molecule has 1 amide bonds. The van der Waals surface area contributed by atoms with Crippen molar-refractivity contribution < 1.29 is 14.3 Å². The first kappa shape index (κ1) is 17.1. The van der Waals surface area contributed by atoms with Crippen LogP contribution in [0.3, 0.4) is 0 Å². The van der Waals surface area contributed by atoms with Gasteiger partial charge in [0.05, 0.1) is 20.1 Å². The minimum atomic E-state index is -0.382. The zero-order valence-electron chi connectivity index (χ0n) is 14.9. The van der Waals surface area contributed by atoms with Crippen LogP contribution in [0.4, 0.5) is 0 Å². The quantitative estimate of drug-likeness (QED) is 0.924. The number of carbonyl (C=O) groups is 1. The Morgan fingerprint density at radius 1 is 1.21 bits per heavy atom. The van der Waals surface area contributed by atoms with Crippen LogP contribution in [0.5, 0.6) is 11.5 Å². The van der Waals surface area contributed by atoms with E-state index < -0.39 is 0 Å². The number of carbonyl (C=O) groups excluding carboxylic acids is 1. The van der Waals surface area contributed by atoms with E-state index in [0.29, 0.717) is 12.3 Å². The normalized spacial score (nSPS) is 26.7. The van der Waals surface area contributed by atoms with Gasteiger partial charge >= 0.3 is 0 Å². The zero-order valence-corrected chi connectivity index (χ0v) is 14.9. The van der Waals surface area contributed by atoms with Crippen molar-refractivity contribution in [2.24, 2.45) is 11.7 Å². The number of amides is 1. The lowest BCUT2D eigenvalue weighted by molar-refractivity contribution is -0.139. The van der Waals surface area contributed by atoms with Gasteiger partial charge in [0, 0.05) is 18.6 Å². The van der Waals surface area contributed by atoms with E-state index in [1.807, 2.05) is 24.0 Å². The second-order valence-corrected chi connectivity index (χ2v) is 7.29. The summed E-state index contributed by atoms with van der Waals surface area (Å²) in [5.41, 5.74) is 8.41. The fourth-order valence-corrected chi connectivity index (χ4v) is 4.06. The second kappa shape index (κ2) is 6.63. The molecule has 1 fully saturated rings. The maximum absolute atomic E-state index is 13.0. The standard InChI is InChI=1S/C19H28N2O3/c1-19(20)8-5-4-6-15(19)18(22)21-9-7-13-10-16(23-2)17(24-3)11-14(13)12-21/h10-11,15H,4-9,12,20H2,1-3H3. The van der Waals surface area contributed by atoms with Crippen LogP contribution in [0.25, 0.3) is 0 Å². The Morgan fingerprint density at radius 3 is 2.50 bits per heavy atom. The number of nitrogens with two attached hydrogens (primary N) is 1. The molecule has 0 aromatic heterocycles. The number of hydrogen-bond acceptors (Lipinski definition) is 4. The average Bonchev–Trinajstić information content (AvgIpc) is 2.59. The number of rotatable bonds is 3. The third-order valence-electron chi connectivity index (χ3n) is 5.58. The largest absolute Gasteiger partial charge is 0.493 e. The molecule has 132 valence electrons. The Hall–Kier alpha value is -1.75. The smallest absolute Gasteiger partial charge is 0.227 e. The van der Waals surface area contributed by atoms with Crippen LogP contribution in [0.1, 0.15) is 43.7 Å². The summed E-state index contributed by atoms with van der Waals surface area (Å²) in [6.45, 7) is 3.40. The summed E-state index contributed by atoms with van der Waals surface area (Å²) >= 11 is 0. The van der Waals surface area contributed by atoms with Crippen molar-refractivity contribution in [3.05, 3.63) is 23.3 Å². The minimum Gasteiger partial charge on any atom is -0.493 e. The number of ether oxygens (including phenoxy) is 2. The van der Waals surface area contributed by atoms with Crippen LogP contribution in [0.15, 0.2) is 12.1 Å². The van der Waals surface area contributed by atoms with Gasteiger partial charge in [-0.25, -0.2) is 0 Å². The van der Waals surface area contributed by atoms with Gasteiger partial charge in [0.2, 0.25) is 5.91 Å². The Morgan fingerprint density at radius 2 is 1.88 bits per heavy atom. The van der Waals surface area contributed by atoms with Crippen molar-refractivity contribution in [2.75, 3.05) is 20.8 Å². The van der Waals surface area contributed by atoms with Crippen molar-refractivity contribution in [1.82, 2.24) is 4.90 Å². The fraction of sp³-hybridized carbons (Fsp3) is 0.632. The van der Waals surface area contributed by atoms with Gasteiger partial charge in [-0.2, -0.15) is 0 Å². The molecule has 1 heterocycles. The minimum absolute atomic E-state index is 0.0621. The Kier molecular flexibility index (Phi) is 4.72. The molecule has 1 aliphatic heterocycles. The SMILES string of the molecule is COc1cc2c(cc1OC)CN(C(=O)C1CCCCC1(C)N)CC2. The molecule has 1 aromatic rings. The first-order valence-corrected chi connectivity index (χ1v) is 8.77. The molecular formula is C19H28N2O3. The topological polar surface area (TPSA) is 64.8 Å². The molecule has 5 nitrogen and oxygen atoms in total. The summed E-state index contributed by atoms with van der Waals surface area (Å²) in [7, 11) is 3.28. The highest BCUT2D eigenvalue weighted by molar-refractivity contribution is 5.80. The van der Waals surface area contributed by atoms with E-state index in [0.717, 1.165) is 50.0 Å². The molecular weight excluding hydrogens is 304 g/mol. The van der Waals surface area contributed by atoms with Crippen LogP contribution in [0.2, 0.25) is 0 Å². The highest BCUT2D eigenvalue weighted by Gasteiger charge is 2.40. The Balaban J connectivity index is 1.80. The summed E-state index contributed by atoms with van der Waals surface area (Å²) in [4.78, 5) is 15.0. The number of methoxy groups -OCH3 is 2. The van der Waals surface area contributed by atoms with E-state index in [4.69, 9.17) is 15.2 Å². The Labute approximate surface area is 144 Å². The predicted molar refractivity (Wildman–Crippen MR) is 93.2 cm³/mol. The molecule has 0 spiro atoms. The molecule has 1 aliphatic carbocycles. The van der Waals surface area contributed by atoms with Gasteiger partial charge in [-0.15, -0.1) is 0 Å². The molecule has 2 unspecified atom stereocenters. The van der Waals surface area contributed by atoms with Gasteiger partial charge < -0.3 is 20.1 Å². The van der Waals surface area contributed by atoms with Crippen LogP contribution in [-0.2, 0) is 17.8 Å². The lowest BCUT2D eigenvalue weighted by Crippen LogP contribution is -2.54. The molecule has 24 heavy (non-hydrogen) atoms. The van der Waals surface area contributed by atoms with E-state index in [-0.39, 0.29) is 17.4 Å². The molecule has 2 atom stereocenters. The lowest BCUT2D eigenvalue weighted by Gasteiger charge is -2.41. The van der Waals surface area contributed by atoms with Gasteiger partial charge in [-0.05, 0) is 49.4 Å². The summed E-state index contributed by atoms with van der Waals surface area (Å²) in [6, 6.07) is 4.03. The third kappa shape index (κ3) is 3.09. The molecule has 2 aliphatic rings. The predicted octanol–water partition coefficient (Wildman–Crippen LogP) is 2.50. The maximum atomic E-state index is 13.0. The summed E-state index contributed by atoms with van der Waals surface area (Å²) in [5, 5.41) is 0. The van der Waals surface area contributed by atoms with Gasteiger partial charge in [0.25, 0.3) is 0 Å². The molecule has 1 saturated carbocycles. The number of nitrogens with zero attached hydrogens (tertiary/aromatic N) is 1. The van der Waals surface area contributed by atoms with Gasteiger partial charge in [0.1, 0.15) is 0 Å². The molecule has 0 saturated heterocycles. The first-order chi connectivity index (χ1) is 11.5. The van der Waals surface area contributed by atoms with Crippen molar-refractivity contribution in [2.45, 2.75) is 51.1 Å². The van der Waals surface area contributed by atoms with E-state index in [1.165, 1.54) is 5.56 Å². The van der Waals surface area contributed by atoms with E-state index in [1.54, 1.807) is 14.2 Å². The lowest BCUT2D eigenvalue weighted by atomic mass is 9.73. The molecule has 0 radical (unpaired) electrons. The van der Waals surface area contributed by atoms with Crippen LogP contribution in [0, 0.1) is 5.92 Å². The highest BCUT2D eigenvalue weighted by Crippen LogP contribution is 2.36. The van der Waals surface area contributed by atoms with Crippen LogP contribution >= 0.6 is 0 Å². The molecule has 0 bridgehead atoms. The maximum Gasteiger partial charge on any atom is 0.227 e. The van der Waals surface area contributed by atoms with Crippen molar-refractivity contribution in [3.63, 3.8) is 0 Å². The second-order valence-electron chi connectivity index (χ2n) is 7.29. The van der Waals surface area contributed by atoms with Gasteiger partial charge in [-0.3, -0.25) is 4.79 Å². The average molecular weight is 332 g/mol. The van der Waals surface area contributed by atoms with Crippen molar-refractivity contribution >= 4 is 5.91 Å². The van der Waals surface area contributed by atoms with E-state index in [9.17, 15) is 4.79 Å². The molecule has 5 heteroatoms. The number of fused-ring (bicyclic) bond motifs is 1. The first-order valence-electron chi connectivity index (χ1n) is 8.77. The molecule has 1 aromatic carbocycles. The third-order valence-corrected chi connectivity index (χ3v) is 5.58. The van der Waals surface area contributed by atoms with E-state index >= 15 is 0 Å². The summed E-state index contributed by atoms with van der Waals surface area (Å²) in [5.74, 6) is 1.61. The van der Waals surface area contributed by atoms with Crippen molar-refractivity contribution in [3.8, 4) is 11.5 Å². The molecule has 2 N–H and O–H groups in total. The Bertz CT molecular complexity index is 627. The zero-order chi connectivity index (χ0) is 17.3. The van der Waals surface area contributed by atoms with Crippen LogP contribution in [-0.4, -0.2) is 37.1 Å².